The van der Waals surface area contributed by atoms with Crippen LogP contribution in [0.1, 0.15) is 62.5 Å². The van der Waals surface area contributed by atoms with Crippen LogP contribution in [-0.2, 0) is 11.3 Å². The van der Waals surface area contributed by atoms with Gasteiger partial charge in [0.15, 0.2) is 0 Å². The molecule has 0 spiro atoms. The summed E-state index contributed by atoms with van der Waals surface area (Å²) in [5.41, 5.74) is 3.71. The molecule has 1 aliphatic heterocycles. The number of hydrogen-bond acceptors (Lipinski definition) is 2. The first-order chi connectivity index (χ1) is 12.7. The monoisotopic (exact) mass is 372 g/mol. The Morgan fingerprint density at radius 2 is 2.08 bits per heavy atom. The molecule has 4 rings (SSSR count). The molecule has 1 saturated heterocycles. The average Bonchev–Trinajstić information content (AvgIpc) is 3.52. The Morgan fingerprint density at radius 1 is 1.19 bits per heavy atom. The van der Waals surface area contributed by atoms with Crippen molar-refractivity contribution >= 4 is 23.1 Å². The lowest BCUT2D eigenvalue weighted by Gasteiger charge is -2.30. The molecule has 1 N–H and O–H groups in total. The number of carbonyl (C=O) groups is 1. The second kappa shape index (κ2) is 8.14. The second-order valence-corrected chi connectivity index (χ2v) is 8.44. The molecular weight excluding hydrogens is 344 g/mol. The maximum Gasteiger partial charge on any atom is 0.227 e. The van der Waals surface area contributed by atoms with E-state index in [4.69, 9.17) is 11.6 Å². The fraction of sp³-hybridized carbons (Fsp3) is 0.591. The van der Waals surface area contributed by atoms with Gasteiger partial charge in [0, 0.05) is 24.2 Å². The largest absolute Gasteiger partial charge is 0.335 e. The maximum absolute atomic E-state index is 13.0. The summed E-state index contributed by atoms with van der Waals surface area (Å²) in [6.07, 6.45) is 11.6. The molecule has 140 valence electrons. The van der Waals surface area contributed by atoms with Gasteiger partial charge in [-0.1, -0.05) is 29.8 Å². The van der Waals surface area contributed by atoms with E-state index in [9.17, 15) is 4.79 Å². The summed E-state index contributed by atoms with van der Waals surface area (Å²) in [5.74, 6) is 0.473. The lowest BCUT2D eigenvalue weighted by molar-refractivity contribution is -0.137. The average molecular weight is 373 g/mol. The predicted molar refractivity (Wildman–Crippen MR) is 107 cm³/mol. The summed E-state index contributed by atoms with van der Waals surface area (Å²) in [6.45, 7) is 2.56. The van der Waals surface area contributed by atoms with Crippen LogP contribution in [0.5, 0.6) is 0 Å². The molecule has 26 heavy (non-hydrogen) atoms. The van der Waals surface area contributed by atoms with E-state index in [1.54, 1.807) is 0 Å². The van der Waals surface area contributed by atoms with Crippen LogP contribution in [0.2, 0.25) is 5.02 Å². The zero-order valence-electron chi connectivity index (χ0n) is 15.5. The molecule has 3 nitrogen and oxygen atoms in total. The Kier molecular flexibility index (Phi) is 5.66. The van der Waals surface area contributed by atoms with E-state index in [0.29, 0.717) is 18.5 Å². The molecule has 1 heterocycles. The fourth-order valence-electron chi connectivity index (χ4n) is 4.27. The van der Waals surface area contributed by atoms with Gasteiger partial charge in [0.05, 0.1) is 5.92 Å². The van der Waals surface area contributed by atoms with E-state index in [1.165, 1.54) is 24.0 Å². The van der Waals surface area contributed by atoms with E-state index in [2.05, 4.69) is 34.5 Å². The molecule has 2 aliphatic carbocycles. The van der Waals surface area contributed by atoms with Crippen LogP contribution in [0.15, 0.2) is 24.3 Å². The van der Waals surface area contributed by atoms with Gasteiger partial charge >= 0.3 is 0 Å². The number of piperidine rings is 1. The van der Waals surface area contributed by atoms with Gasteiger partial charge in [-0.15, -0.1) is 0 Å². The number of nitrogens with zero attached hydrogens (tertiary/aromatic N) is 1. The molecular formula is C22H29ClN2O. The molecule has 1 aromatic rings. The van der Waals surface area contributed by atoms with E-state index >= 15 is 0 Å². The molecule has 1 saturated carbocycles. The summed E-state index contributed by atoms with van der Waals surface area (Å²) >= 11 is 6.62. The summed E-state index contributed by atoms with van der Waals surface area (Å²) < 4.78 is 0. The third kappa shape index (κ3) is 4.15. The van der Waals surface area contributed by atoms with Crippen LogP contribution in [-0.4, -0.2) is 29.9 Å². The highest BCUT2D eigenvalue weighted by Crippen LogP contribution is 2.34. The van der Waals surface area contributed by atoms with Crippen LogP contribution in [0.25, 0.3) is 5.57 Å². The summed E-state index contributed by atoms with van der Waals surface area (Å²) in [5, 5.41) is 4.20. The number of nitrogens with one attached hydrogen (secondary N) is 1. The first-order valence-corrected chi connectivity index (χ1v) is 10.6. The van der Waals surface area contributed by atoms with Gasteiger partial charge in [-0.25, -0.2) is 0 Å². The van der Waals surface area contributed by atoms with Crippen molar-refractivity contribution < 1.29 is 4.79 Å². The molecule has 3 aliphatic rings. The standard InChI is InChI=1S/C22H29ClN2O/c23-21-13-16(8-11-20(21)17-5-2-1-3-6-17)15-25(19-9-10-19)22(26)18-7-4-12-24-14-18/h5,8,11,13,18-19,24H,1-4,6-7,9-10,12,14-15H2/t18-/m1/s1. The number of allylic oxidation sites excluding steroid dienone is 2. The zero-order chi connectivity index (χ0) is 17.9. The van der Waals surface area contributed by atoms with Crippen molar-refractivity contribution in [2.24, 2.45) is 5.92 Å². The minimum Gasteiger partial charge on any atom is -0.335 e. The molecule has 0 bridgehead atoms. The third-order valence-corrected chi connectivity index (χ3v) is 6.25. The van der Waals surface area contributed by atoms with E-state index in [-0.39, 0.29) is 5.92 Å². The molecule has 2 fully saturated rings. The van der Waals surface area contributed by atoms with Crippen molar-refractivity contribution in [3.05, 3.63) is 40.4 Å². The molecule has 1 aromatic carbocycles. The zero-order valence-corrected chi connectivity index (χ0v) is 16.2. The third-order valence-electron chi connectivity index (χ3n) is 5.94. The van der Waals surface area contributed by atoms with Crippen molar-refractivity contribution in [1.82, 2.24) is 10.2 Å². The highest BCUT2D eigenvalue weighted by Gasteiger charge is 2.36. The normalized spacial score (nSPS) is 23.4. The van der Waals surface area contributed by atoms with Crippen LogP contribution in [0.3, 0.4) is 0 Å². The van der Waals surface area contributed by atoms with Crippen molar-refractivity contribution in [3.8, 4) is 0 Å². The quantitative estimate of drug-likeness (QED) is 0.806. The van der Waals surface area contributed by atoms with Gasteiger partial charge in [-0.3, -0.25) is 4.79 Å². The topological polar surface area (TPSA) is 32.3 Å². The summed E-state index contributed by atoms with van der Waals surface area (Å²) in [4.78, 5) is 15.1. The Labute approximate surface area is 161 Å². The first kappa shape index (κ1) is 18.1. The Morgan fingerprint density at radius 3 is 2.73 bits per heavy atom. The van der Waals surface area contributed by atoms with E-state index in [0.717, 1.165) is 62.2 Å². The highest BCUT2D eigenvalue weighted by atomic mass is 35.5. The van der Waals surface area contributed by atoms with Crippen molar-refractivity contribution in [1.29, 1.82) is 0 Å². The number of halogens is 1. The Bertz CT molecular complexity index is 689. The van der Waals surface area contributed by atoms with Crippen LogP contribution < -0.4 is 5.32 Å². The number of benzene rings is 1. The van der Waals surface area contributed by atoms with Gasteiger partial charge in [-0.2, -0.15) is 0 Å². The van der Waals surface area contributed by atoms with Crippen LogP contribution in [0.4, 0.5) is 0 Å². The molecule has 0 aromatic heterocycles. The number of amides is 1. The van der Waals surface area contributed by atoms with Gasteiger partial charge < -0.3 is 10.2 Å². The Hall–Kier alpha value is -1.32. The van der Waals surface area contributed by atoms with Gasteiger partial charge in [-0.05, 0) is 80.7 Å². The summed E-state index contributed by atoms with van der Waals surface area (Å²) in [7, 11) is 0. The second-order valence-electron chi connectivity index (χ2n) is 8.03. The van der Waals surface area contributed by atoms with Gasteiger partial charge in [0.2, 0.25) is 5.91 Å². The van der Waals surface area contributed by atoms with Crippen molar-refractivity contribution in [2.75, 3.05) is 13.1 Å². The number of hydrogen-bond donors (Lipinski definition) is 1. The molecule has 0 unspecified atom stereocenters. The van der Waals surface area contributed by atoms with Crippen LogP contribution in [0, 0.1) is 5.92 Å². The summed E-state index contributed by atoms with van der Waals surface area (Å²) in [6, 6.07) is 6.84. The van der Waals surface area contributed by atoms with Crippen molar-refractivity contribution in [2.45, 2.75) is 64.0 Å². The highest BCUT2D eigenvalue weighted by molar-refractivity contribution is 6.32. The van der Waals surface area contributed by atoms with Gasteiger partial charge in [0.25, 0.3) is 0 Å². The molecule has 0 radical (unpaired) electrons. The molecule has 4 heteroatoms. The lowest BCUT2D eigenvalue weighted by atomic mass is 9.93. The first-order valence-electron chi connectivity index (χ1n) is 10.2. The smallest absolute Gasteiger partial charge is 0.227 e. The van der Waals surface area contributed by atoms with E-state index in [1.807, 2.05) is 0 Å². The SMILES string of the molecule is O=C([C@@H]1CCCNC1)N(Cc1ccc(C2=CCCCC2)c(Cl)c1)C1CC1. The maximum atomic E-state index is 13.0. The van der Waals surface area contributed by atoms with Gasteiger partial charge in [0.1, 0.15) is 0 Å². The Balaban J connectivity index is 1.48. The molecule has 1 atom stereocenters. The lowest BCUT2D eigenvalue weighted by Crippen LogP contribution is -2.43. The number of carbonyl (C=O) groups excluding carboxylic acids is 1. The molecule has 1 amide bonds. The fourth-order valence-corrected chi connectivity index (χ4v) is 4.59. The minimum absolute atomic E-state index is 0.145. The predicted octanol–water partition coefficient (Wildman–Crippen LogP) is 4.79. The van der Waals surface area contributed by atoms with Crippen molar-refractivity contribution in [3.63, 3.8) is 0 Å². The number of rotatable bonds is 5. The van der Waals surface area contributed by atoms with E-state index < -0.39 is 0 Å². The minimum atomic E-state index is 0.145. The van der Waals surface area contributed by atoms with Crippen LogP contribution >= 0.6 is 11.6 Å².